The molecule has 0 fully saturated rings. The number of aliphatic hydroxyl groups excluding tert-OH is 1. The summed E-state index contributed by atoms with van der Waals surface area (Å²) in [4.78, 5) is 0. The second-order valence-electron chi connectivity index (χ2n) is 3.25. The second-order valence-corrected chi connectivity index (χ2v) is 4.16. The summed E-state index contributed by atoms with van der Waals surface area (Å²) < 4.78 is 6.24. The highest BCUT2D eigenvalue weighted by molar-refractivity contribution is 9.10. The highest BCUT2D eigenvalue weighted by Gasteiger charge is 2.12. The van der Waals surface area contributed by atoms with Crippen LogP contribution >= 0.6 is 15.9 Å². The zero-order chi connectivity index (χ0) is 11.4. The first kappa shape index (κ1) is 12.0. The monoisotopic (exact) mass is 269 g/mol. The van der Waals surface area contributed by atoms with E-state index >= 15 is 0 Å². The quantitative estimate of drug-likeness (QED) is 0.918. The molecule has 3 nitrogen and oxygen atoms in total. The van der Waals surface area contributed by atoms with E-state index in [1.54, 1.807) is 26.0 Å². The standard InChI is InChI=1S/C11H12BrNO2/c1-7(6-13)15-11-4-3-9(12)5-10(11)8(2)14/h3-5,7-8,14H,1-2H3. The molecule has 1 aromatic rings. The van der Waals surface area contributed by atoms with E-state index in [1.807, 2.05) is 12.1 Å². The maximum atomic E-state index is 9.53. The number of aliphatic hydroxyl groups is 1. The van der Waals surface area contributed by atoms with Crippen molar-refractivity contribution in [1.82, 2.24) is 0 Å². The highest BCUT2D eigenvalue weighted by Crippen LogP contribution is 2.29. The average molecular weight is 270 g/mol. The van der Waals surface area contributed by atoms with Crippen LogP contribution in [0.25, 0.3) is 0 Å². The van der Waals surface area contributed by atoms with Gasteiger partial charge in [0.2, 0.25) is 0 Å². The van der Waals surface area contributed by atoms with Crippen molar-refractivity contribution in [3.8, 4) is 11.8 Å². The zero-order valence-corrected chi connectivity index (χ0v) is 10.2. The Morgan fingerprint density at radius 2 is 2.13 bits per heavy atom. The number of halogens is 1. The van der Waals surface area contributed by atoms with Crippen molar-refractivity contribution in [2.75, 3.05) is 0 Å². The van der Waals surface area contributed by atoms with Crippen molar-refractivity contribution in [3.63, 3.8) is 0 Å². The predicted octanol–water partition coefficient (Wildman–Crippen LogP) is 2.79. The molecule has 2 atom stereocenters. The fourth-order valence-corrected chi connectivity index (χ4v) is 1.55. The van der Waals surface area contributed by atoms with E-state index in [0.29, 0.717) is 11.3 Å². The minimum Gasteiger partial charge on any atom is -0.475 e. The van der Waals surface area contributed by atoms with Crippen LogP contribution in [0.5, 0.6) is 5.75 Å². The molecule has 1 N–H and O–H groups in total. The summed E-state index contributed by atoms with van der Waals surface area (Å²) in [6.45, 7) is 3.32. The molecule has 0 aliphatic heterocycles. The molecule has 1 rings (SSSR count). The first-order chi connectivity index (χ1) is 7.04. The van der Waals surface area contributed by atoms with Crippen molar-refractivity contribution >= 4 is 15.9 Å². The van der Waals surface area contributed by atoms with Gasteiger partial charge in [0.25, 0.3) is 0 Å². The number of hydrogen-bond acceptors (Lipinski definition) is 3. The summed E-state index contributed by atoms with van der Waals surface area (Å²) in [7, 11) is 0. The molecule has 0 aliphatic carbocycles. The highest BCUT2D eigenvalue weighted by atomic mass is 79.9. The van der Waals surface area contributed by atoms with Crippen LogP contribution < -0.4 is 4.74 Å². The summed E-state index contributed by atoms with van der Waals surface area (Å²) in [6, 6.07) is 7.31. The van der Waals surface area contributed by atoms with E-state index in [9.17, 15) is 5.11 Å². The van der Waals surface area contributed by atoms with Crippen molar-refractivity contribution in [3.05, 3.63) is 28.2 Å². The van der Waals surface area contributed by atoms with Gasteiger partial charge in [0.15, 0.2) is 6.10 Å². The molecule has 2 unspecified atom stereocenters. The molecule has 0 radical (unpaired) electrons. The third-order valence-corrected chi connectivity index (χ3v) is 2.40. The molecule has 0 bridgehead atoms. The number of benzene rings is 1. The molecule has 0 amide bonds. The minimum absolute atomic E-state index is 0.524. The second kappa shape index (κ2) is 5.15. The van der Waals surface area contributed by atoms with Gasteiger partial charge in [-0.2, -0.15) is 5.26 Å². The number of ether oxygens (including phenoxy) is 1. The maximum absolute atomic E-state index is 9.53. The van der Waals surface area contributed by atoms with E-state index < -0.39 is 12.2 Å². The molecule has 1 aromatic carbocycles. The fraction of sp³-hybridized carbons (Fsp3) is 0.364. The number of nitrogens with zero attached hydrogens (tertiary/aromatic N) is 1. The van der Waals surface area contributed by atoms with Crippen LogP contribution in [0, 0.1) is 11.3 Å². The molecule has 0 aromatic heterocycles. The lowest BCUT2D eigenvalue weighted by molar-refractivity contribution is 0.187. The largest absolute Gasteiger partial charge is 0.475 e. The van der Waals surface area contributed by atoms with Crippen LogP contribution in [0.1, 0.15) is 25.5 Å². The predicted molar refractivity (Wildman–Crippen MR) is 60.5 cm³/mol. The Bertz CT molecular complexity index is 385. The van der Waals surface area contributed by atoms with Gasteiger partial charge in [0, 0.05) is 10.0 Å². The molecular formula is C11H12BrNO2. The molecule has 80 valence electrons. The molecule has 0 saturated carbocycles. The average Bonchev–Trinajstić information content (AvgIpc) is 2.20. The van der Waals surface area contributed by atoms with Gasteiger partial charge >= 0.3 is 0 Å². The number of rotatable bonds is 3. The Morgan fingerprint density at radius 3 is 2.67 bits per heavy atom. The summed E-state index contributed by atoms with van der Waals surface area (Å²) >= 11 is 3.32. The van der Waals surface area contributed by atoms with Crippen LogP contribution in [0.4, 0.5) is 0 Å². The first-order valence-electron chi connectivity index (χ1n) is 4.58. The van der Waals surface area contributed by atoms with Crippen LogP contribution in [-0.4, -0.2) is 11.2 Å². The van der Waals surface area contributed by atoms with Gasteiger partial charge < -0.3 is 9.84 Å². The Balaban J connectivity index is 3.02. The first-order valence-corrected chi connectivity index (χ1v) is 5.37. The van der Waals surface area contributed by atoms with Gasteiger partial charge in [-0.05, 0) is 32.0 Å². The van der Waals surface area contributed by atoms with Gasteiger partial charge in [-0.3, -0.25) is 0 Å². The Morgan fingerprint density at radius 1 is 1.47 bits per heavy atom. The topological polar surface area (TPSA) is 53.2 Å². The SMILES string of the molecule is CC(C#N)Oc1ccc(Br)cc1C(C)O. The Kier molecular flexibility index (Phi) is 4.13. The van der Waals surface area contributed by atoms with E-state index in [2.05, 4.69) is 15.9 Å². The molecule has 0 saturated heterocycles. The van der Waals surface area contributed by atoms with E-state index in [0.717, 1.165) is 4.47 Å². The minimum atomic E-state index is -0.622. The number of hydrogen-bond donors (Lipinski definition) is 1. The van der Waals surface area contributed by atoms with Crippen LogP contribution in [0.15, 0.2) is 22.7 Å². The van der Waals surface area contributed by atoms with Gasteiger partial charge in [-0.15, -0.1) is 0 Å². The zero-order valence-electron chi connectivity index (χ0n) is 8.57. The summed E-state index contributed by atoms with van der Waals surface area (Å²) in [5, 5.41) is 18.2. The molecule has 0 aliphatic rings. The van der Waals surface area contributed by atoms with Crippen molar-refractivity contribution < 1.29 is 9.84 Å². The molecule has 4 heteroatoms. The van der Waals surface area contributed by atoms with E-state index in [4.69, 9.17) is 10.00 Å². The normalized spacial score (nSPS) is 14.1. The van der Waals surface area contributed by atoms with Crippen molar-refractivity contribution in [2.24, 2.45) is 0 Å². The lowest BCUT2D eigenvalue weighted by Gasteiger charge is -2.14. The maximum Gasteiger partial charge on any atom is 0.181 e. The van der Waals surface area contributed by atoms with Gasteiger partial charge in [-0.25, -0.2) is 0 Å². The molecule has 0 heterocycles. The smallest absolute Gasteiger partial charge is 0.181 e. The van der Waals surface area contributed by atoms with Crippen LogP contribution in [0.3, 0.4) is 0 Å². The lowest BCUT2D eigenvalue weighted by Crippen LogP contribution is -2.10. The lowest BCUT2D eigenvalue weighted by atomic mass is 10.1. The molecular weight excluding hydrogens is 258 g/mol. The number of nitriles is 1. The van der Waals surface area contributed by atoms with Gasteiger partial charge in [0.05, 0.1) is 6.10 Å². The van der Waals surface area contributed by atoms with Crippen LogP contribution in [-0.2, 0) is 0 Å². The summed E-state index contributed by atoms with van der Waals surface area (Å²) in [5.74, 6) is 0.544. The van der Waals surface area contributed by atoms with Gasteiger partial charge in [0.1, 0.15) is 11.8 Å². The van der Waals surface area contributed by atoms with Gasteiger partial charge in [-0.1, -0.05) is 15.9 Å². The third kappa shape index (κ3) is 3.22. The van der Waals surface area contributed by atoms with Crippen molar-refractivity contribution in [2.45, 2.75) is 26.1 Å². The molecule has 0 spiro atoms. The Labute approximate surface area is 97.4 Å². The molecule has 15 heavy (non-hydrogen) atoms. The third-order valence-electron chi connectivity index (χ3n) is 1.91. The summed E-state index contributed by atoms with van der Waals surface area (Å²) in [6.07, 6.45) is -1.15. The summed E-state index contributed by atoms with van der Waals surface area (Å²) in [5.41, 5.74) is 0.673. The van der Waals surface area contributed by atoms with E-state index in [1.165, 1.54) is 0 Å². The fourth-order valence-electron chi connectivity index (χ4n) is 1.17. The van der Waals surface area contributed by atoms with Crippen LogP contribution in [0.2, 0.25) is 0 Å². The van der Waals surface area contributed by atoms with E-state index in [-0.39, 0.29) is 0 Å². The van der Waals surface area contributed by atoms with Crippen molar-refractivity contribution in [1.29, 1.82) is 5.26 Å². The Hall–Kier alpha value is -1.05.